The number of benzene rings is 1. The van der Waals surface area contributed by atoms with E-state index in [1.807, 2.05) is 63.2 Å². The number of hydrogen-bond acceptors (Lipinski definition) is 6. The first kappa shape index (κ1) is 24.3. The zero-order valence-corrected chi connectivity index (χ0v) is 20.8. The lowest BCUT2D eigenvalue weighted by molar-refractivity contribution is 0.328. The van der Waals surface area contributed by atoms with Crippen LogP contribution in [0, 0.1) is 5.92 Å². The van der Waals surface area contributed by atoms with E-state index in [-0.39, 0.29) is 5.56 Å². The van der Waals surface area contributed by atoms with Crippen molar-refractivity contribution in [3.05, 3.63) is 70.2 Å². The van der Waals surface area contributed by atoms with E-state index in [0.717, 1.165) is 22.2 Å². The summed E-state index contributed by atoms with van der Waals surface area (Å²) in [6.45, 7) is 6.99. The molecule has 5 rings (SSSR count). The lowest BCUT2D eigenvalue weighted by Gasteiger charge is -2.21. The molecule has 1 fully saturated rings. The zero-order chi connectivity index (χ0) is 24.9. The van der Waals surface area contributed by atoms with E-state index < -0.39 is 0 Å². The summed E-state index contributed by atoms with van der Waals surface area (Å²) in [5.74, 6) is 1.12. The lowest BCUT2D eigenvalue weighted by atomic mass is 10.0. The van der Waals surface area contributed by atoms with Crippen LogP contribution < -0.4 is 21.3 Å². The first-order chi connectivity index (χ1) is 17.1. The minimum Gasteiger partial charge on any atom is -0.478 e. The minimum absolute atomic E-state index is 0.135. The van der Waals surface area contributed by atoms with Gasteiger partial charge in [0.15, 0.2) is 5.65 Å². The number of fused-ring (bicyclic) bond motifs is 1. The molecule has 2 aromatic heterocycles. The van der Waals surface area contributed by atoms with Crippen molar-refractivity contribution in [3.63, 3.8) is 0 Å². The van der Waals surface area contributed by atoms with E-state index in [9.17, 15) is 4.79 Å². The maximum atomic E-state index is 13.9. The normalized spacial score (nSPS) is 15.2. The number of dihydropyridines is 1. The lowest BCUT2D eigenvalue weighted by Crippen LogP contribution is -2.29. The van der Waals surface area contributed by atoms with E-state index in [4.69, 9.17) is 10.5 Å². The van der Waals surface area contributed by atoms with Crippen molar-refractivity contribution < 1.29 is 4.74 Å². The van der Waals surface area contributed by atoms with Crippen LogP contribution in [-0.4, -0.2) is 36.0 Å². The average molecular weight is 472 g/mol. The number of hydrogen-bond donors (Lipinski definition) is 2. The van der Waals surface area contributed by atoms with E-state index in [1.165, 1.54) is 18.5 Å². The molecule has 1 aromatic carbocycles. The maximum absolute atomic E-state index is 13.9. The van der Waals surface area contributed by atoms with Gasteiger partial charge in [-0.1, -0.05) is 19.9 Å². The van der Waals surface area contributed by atoms with Gasteiger partial charge in [0, 0.05) is 52.9 Å². The van der Waals surface area contributed by atoms with Gasteiger partial charge in [-0.3, -0.25) is 14.4 Å². The highest BCUT2D eigenvalue weighted by Crippen LogP contribution is 2.36. The van der Waals surface area contributed by atoms with Gasteiger partial charge in [0.05, 0.1) is 13.2 Å². The Morgan fingerprint density at radius 2 is 2.00 bits per heavy atom. The first-order valence-corrected chi connectivity index (χ1v) is 12.3. The van der Waals surface area contributed by atoms with Crippen LogP contribution in [0.5, 0.6) is 5.88 Å². The molecule has 0 bridgehead atoms. The van der Waals surface area contributed by atoms with Gasteiger partial charge in [0.25, 0.3) is 5.56 Å². The highest BCUT2D eigenvalue weighted by molar-refractivity contribution is 5.91. The third-order valence-corrected chi connectivity index (χ3v) is 6.02. The maximum Gasteiger partial charge on any atom is 0.264 e. The number of nitrogens with one attached hydrogen (secondary N) is 1. The molecule has 0 spiro atoms. The number of nitrogens with zero attached hydrogens (tertiary/aromatic N) is 3. The van der Waals surface area contributed by atoms with Crippen molar-refractivity contribution in [1.82, 2.24) is 14.9 Å². The summed E-state index contributed by atoms with van der Waals surface area (Å²) in [4.78, 5) is 22.6. The summed E-state index contributed by atoms with van der Waals surface area (Å²) in [7, 11) is 1.70. The van der Waals surface area contributed by atoms with Crippen LogP contribution in [0.2, 0.25) is 0 Å². The van der Waals surface area contributed by atoms with Crippen molar-refractivity contribution in [1.29, 1.82) is 0 Å². The standard InChI is InChI=1S/C26H27N5O2.C2H6/c1-3-33-24-11-7-18-13-21(17-6-9-22(27)19(12-17)14-28-2)26(32)31(25(18)30-24)20-8-10-23(29-15-20)16-4-5-16;1-2/h6-14,16,29H,3-5,15,27H2,1-2H3;1-2H3. The molecule has 182 valence electrons. The minimum atomic E-state index is -0.135. The summed E-state index contributed by atoms with van der Waals surface area (Å²) >= 11 is 0. The summed E-state index contributed by atoms with van der Waals surface area (Å²) < 4.78 is 7.32. The Balaban J connectivity index is 0.00000141. The molecule has 0 unspecified atom stereocenters. The summed E-state index contributed by atoms with van der Waals surface area (Å²) in [5, 5.41) is 4.35. The SMILES string of the molecule is CC.CCOc1ccc2cc(-c3ccc(N)c(C=NC)c3)c(=O)n(C3=CC=C(C4CC4)NC3)c2n1. The molecule has 2 aliphatic rings. The average Bonchev–Trinajstić information content (AvgIpc) is 3.73. The molecule has 1 aliphatic carbocycles. The number of allylic oxidation sites excluding steroid dienone is 3. The third-order valence-electron chi connectivity index (χ3n) is 6.02. The fraction of sp³-hybridized carbons (Fsp3) is 0.321. The molecule has 0 radical (unpaired) electrons. The number of anilines is 1. The molecule has 0 atom stereocenters. The van der Waals surface area contributed by atoms with Gasteiger partial charge in [-0.05, 0) is 67.7 Å². The number of rotatable bonds is 6. The number of nitrogen functional groups attached to an aromatic ring is 1. The predicted octanol–water partition coefficient (Wildman–Crippen LogP) is 4.86. The number of pyridine rings is 2. The summed E-state index contributed by atoms with van der Waals surface area (Å²) in [5.41, 5.74) is 11.4. The largest absolute Gasteiger partial charge is 0.478 e. The molecule has 7 heteroatoms. The molecule has 35 heavy (non-hydrogen) atoms. The monoisotopic (exact) mass is 471 g/mol. The van der Waals surface area contributed by atoms with Crippen molar-refractivity contribution in [3.8, 4) is 17.0 Å². The smallest absolute Gasteiger partial charge is 0.264 e. The molecular weight excluding hydrogens is 438 g/mol. The van der Waals surface area contributed by atoms with E-state index in [2.05, 4.69) is 21.4 Å². The first-order valence-electron chi connectivity index (χ1n) is 12.3. The van der Waals surface area contributed by atoms with Crippen molar-refractivity contribution in [2.24, 2.45) is 10.9 Å². The van der Waals surface area contributed by atoms with Crippen molar-refractivity contribution >= 4 is 28.6 Å². The molecular formula is C28H33N5O2. The van der Waals surface area contributed by atoms with Crippen molar-refractivity contribution in [2.45, 2.75) is 33.6 Å². The van der Waals surface area contributed by atoms with Crippen molar-refractivity contribution in [2.75, 3.05) is 25.9 Å². The Morgan fingerprint density at radius 3 is 2.66 bits per heavy atom. The van der Waals surface area contributed by atoms with Gasteiger partial charge in [-0.15, -0.1) is 0 Å². The Morgan fingerprint density at radius 1 is 1.20 bits per heavy atom. The molecule has 3 N–H and O–H groups in total. The second-order valence-corrected chi connectivity index (χ2v) is 8.33. The molecule has 7 nitrogen and oxygen atoms in total. The van der Waals surface area contributed by atoms with Crippen LogP contribution in [0.1, 0.15) is 39.2 Å². The quantitative estimate of drug-likeness (QED) is 0.396. The van der Waals surface area contributed by atoms with Crippen LogP contribution in [-0.2, 0) is 0 Å². The fourth-order valence-electron chi connectivity index (χ4n) is 4.19. The van der Waals surface area contributed by atoms with E-state index in [0.29, 0.717) is 41.8 Å². The van der Waals surface area contributed by atoms with Crippen LogP contribution in [0.4, 0.5) is 5.69 Å². The van der Waals surface area contributed by atoms with Gasteiger partial charge in [-0.2, -0.15) is 4.98 Å². The van der Waals surface area contributed by atoms with Crippen LogP contribution in [0.15, 0.2) is 64.0 Å². The highest BCUT2D eigenvalue weighted by Gasteiger charge is 2.27. The molecule has 0 amide bonds. The molecule has 3 heterocycles. The van der Waals surface area contributed by atoms with Gasteiger partial charge in [0.1, 0.15) is 0 Å². The Labute approximate surface area is 206 Å². The van der Waals surface area contributed by atoms with E-state index in [1.54, 1.807) is 17.8 Å². The number of ether oxygens (including phenoxy) is 1. The molecule has 1 saturated carbocycles. The molecule has 0 saturated heterocycles. The van der Waals surface area contributed by atoms with Crippen LogP contribution >= 0.6 is 0 Å². The van der Waals surface area contributed by atoms with Gasteiger partial charge in [-0.25, -0.2) is 0 Å². The third kappa shape index (κ3) is 4.99. The Bertz CT molecular complexity index is 1380. The van der Waals surface area contributed by atoms with E-state index >= 15 is 0 Å². The molecule has 3 aromatic rings. The molecule has 1 aliphatic heterocycles. The second kappa shape index (κ2) is 10.6. The van der Waals surface area contributed by atoms with Gasteiger partial charge in [0.2, 0.25) is 5.88 Å². The number of aliphatic imine (C=N–C) groups is 1. The number of nitrogens with two attached hydrogens (primary N) is 1. The highest BCUT2D eigenvalue weighted by atomic mass is 16.5. The topological polar surface area (TPSA) is 94.5 Å². The van der Waals surface area contributed by atoms with Crippen LogP contribution in [0.25, 0.3) is 27.9 Å². The summed E-state index contributed by atoms with van der Waals surface area (Å²) in [6.07, 6.45) is 8.27. The Kier molecular flexibility index (Phi) is 7.34. The van der Waals surface area contributed by atoms with Gasteiger partial charge < -0.3 is 15.8 Å². The summed E-state index contributed by atoms with van der Waals surface area (Å²) in [6, 6.07) is 11.2. The van der Waals surface area contributed by atoms with Crippen LogP contribution in [0.3, 0.4) is 0 Å². The second-order valence-electron chi connectivity index (χ2n) is 8.33. The predicted molar refractivity (Wildman–Crippen MR) is 145 cm³/mol. The van der Waals surface area contributed by atoms with Gasteiger partial charge >= 0.3 is 0 Å². The fourth-order valence-corrected chi connectivity index (χ4v) is 4.19. The number of aromatic nitrogens is 2. The zero-order valence-electron chi connectivity index (χ0n) is 20.8. The Hall–Kier alpha value is -3.87.